The SMILES string of the molecule is CC1CCCN1c1nnc(CCl)o1. The van der Waals surface area contributed by atoms with E-state index in [0.717, 1.165) is 6.54 Å². The maximum Gasteiger partial charge on any atom is 0.318 e. The molecular weight excluding hydrogens is 190 g/mol. The Balaban J connectivity index is 2.15. The second-order valence-electron chi connectivity index (χ2n) is 3.30. The van der Waals surface area contributed by atoms with Gasteiger partial charge in [0.15, 0.2) is 0 Å². The lowest BCUT2D eigenvalue weighted by Crippen LogP contribution is -2.26. The minimum atomic E-state index is 0.287. The van der Waals surface area contributed by atoms with E-state index in [-0.39, 0.29) is 5.88 Å². The van der Waals surface area contributed by atoms with Crippen LogP contribution >= 0.6 is 11.6 Å². The lowest BCUT2D eigenvalue weighted by Gasteiger charge is -2.17. The van der Waals surface area contributed by atoms with E-state index < -0.39 is 0 Å². The third-order valence-electron chi connectivity index (χ3n) is 2.37. The molecule has 1 aromatic heterocycles. The van der Waals surface area contributed by atoms with E-state index in [4.69, 9.17) is 16.0 Å². The van der Waals surface area contributed by atoms with Gasteiger partial charge in [0.2, 0.25) is 5.89 Å². The molecule has 1 aromatic rings. The highest BCUT2D eigenvalue weighted by Gasteiger charge is 2.24. The number of anilines is 1. The van der Waals surface area contributed by atoms with Gasteiger partial charge in [-0.3, -0.25) is 0 Å². The van der Waals surface area contributed by atoms with Gasteiger partial charge >= 0.3 is 6.01 Å². The largest absolute Gasteiger partial charge is 0.407 e. The lowest BCUT2D eigenvalue weighted by atomic mass is 10.2. The molecule has 1 aliphatic heterocycles. The van der Waals surface area contributed by atoms with Gasteiger partial charge in [-0.2, -0.15) is 0 Å². The van der Waals surface area contributed by atoms with Crippen molar-refractivity contribution in [2.75, 3.05) is 11.4 Å². The molecule has 1 fully saturated rings. The van der Waals surface area contributed by atoms with Crippen molar-refractivity contribution in [1.29, 1.82) is 0 Å². The van der Waals surface area contributed by atoms with Crippen molar-refractivity contribution in [3.8, 4) is 0 Å². The van der Waals surface area contributed by atoms with Crippen LogP contribution in [0.15, 0.2) is 4.42 Å². The lowest BCUT2D eigenvalue weighted by molar-refractivity contribution is 0.496. The van der Waals surface area contributed by atoms with Gasteiger partial charge in [0.1, 0.15) is 5.88 Å². The van der Waals surface area contributed by atoms with Crippen LogP contribution in [0.25, 0.3) is 0 Å². The molecule has 0 amide bonds. The van der Waals surface area contributed by atoms with E-state index >= 15 is 0 Å². The van der Waals surface area contributed by atoms with Crippen LogP contribution in [-0.2, 0) is 5.88 Å². The summed E-state index contributed by atoms with van der Waals surface area (Å²) in [7, 11) is 0. The first kappa shape index (κ1) is 8.81. The van der Waals surface area contributed by atoms with Crippen molar-refractivity contribution in [3.63, 3.8) is 0 Å². The summed E-state index contributed by atoms with van der Waals surface area (Å²) in [6, 6.07) is 1.12. The normalized spacial score (nSPS) is 22.6. The van der Waals surface area contributed by atoms with Crippen LogP contribution in [-0.4, -0.2) is 22.8 Å². The number of hydrogen-bond donors (Lipinski definition) is 0. The minimum Gasteiger partial charge on any atom is -0.407 e. The predicted molar refractivity (Wildman–Crippen MR) is 49.9 cm³/mol. The van der Waals surface area contributed by atoms with E-state index in [1.807, 2.05) is 0 Å². The molecule has 0 N–H and O–H groups in total. The molecule has 1 aliphatic rings. The summed E-state index contributed by atoms with van der Waals surface area (Å²) in [6.45, 7) is 3.17. The van der Waals surface area contributed by atoms with Crippen LogP contribution in [0, 0.1) is 0 Å². The Morgan fingerprint density at radius 3 is 3.00 bits per heavy atom. The van der Waals surface area contributed by atoms with Gasteiger partial charge in [-0.1, -0.05) is 5.10 Å². The van der Waals surface area contributed by atoms with Gasteiger partial charge in [0, 0.05) is 12.6 Å². The molecule has 4 nitrogen and oxygen atoms in total. The predicted octanol–water partition coefficient (Wildman–Crippen LogP) is 1.80. The van der Waals surface area contributed by atoms with Gasteiger partial charge in [-0.05, 0) is 19.8 Å². The van der Waals surface area contributed by atoms with E-state index in [2.05, 4.69) is 22.0 Å². The van der Waals surface area contributed by atoms with Crippen LogP contribution in [0.4, 0.5) is 6.01 Å². The van der Waals surface area contributed by atoms with Crippen molar-refractivity contribution in [2.24, 2.45) is 0 Å². The number of rotatable bonds is 2. The Morgan fingerprint density at radius 2 is 2.46 bits per heavy atom. The van der Waals surface area contributed by atoms with E-state index in [1.54, 1.807) is 0 Å². The van der Waals surface area contributed by atoms with E-state index in [9.17, 15) is 0 Å². The molecule has 0 bridgehead atoms. The molecule has 0 aromatic carbocycles. The number of aromatic nitrogens is 2. The molecule has 0 saturated carbocycles. The molecule has 2 heterocycles. The fraction of sp³-hybridized carbons (Fsp3) is 0.750. The quantitative estimate of drug-likeness (QED) is 0.685. The molecule has 72 valence electrons. The number of nitrogens with zero attached hydrogens (tertiary/aromatic N) is 3. The first-order valence-corrected chi connectivity index (χ1v) is 4.99. The topological polar surface area (TPSA) is 42.2 Å². The second-order valence-corrected chi connectivity index (χ2v) is 3.56. The fourth-order valence-electron chi connectivity index (χ4n) is 1.63. The molecule has 1 unspecified atom stereocenters. The van der Waals surface area contributed by atoms with E-state index in [0.29, 0.717) is 17.9 Å². The summed E-state index contributed by atoms with van der Waals surface area (Å²) in [5.41, 5.74) is 0. The fourth-order valence-corrected chi connectivity index (χ4v) is 1.74. The van der Waals surface area contributed by atoms with Gasteiger partial charge in [-0.15, -0.1) is 16.7 Å². The third kappa shape index (κ3) is 1.63. The third-order valence-corrected chi connectivity index (χ3v) is 2.60. The molecule has 1 saturated heterocycles. The van der Waals surface area contributed by atoms with Gasteiger partial charge in [0.05, 0.1) is 0 Å². The Labute approximate surface area is 81.9 Å². The summed E-state index contributed by atoms with van der Waals surface area (Å²) in [4.78, 5) is 2.13. The summed E-state index contributed by atoms with van der Waals surface area (Å²) in [5.74, 6) is 0.783. The number of halogens is 1. The molecule has 0 radical (unpaired) electrons. The number of hydrogen-bond acceptors (Lipinski definition) is 4. The maximum absolute atomic E-state index is 5.57. The van der Waals surface area contributed by atoms with Gasteiger partial charge in [-0.25, -0.2) is 0 Å². The summed E-state index contributed by atoms with van der Waals surface area (Å²) in [6.07, 6.45) is 2.39. The average Bonchev–Trinajstić information content (AvgIpc) is 2.71. The molecule has 1 atom stereocenters. The van der Waals surface area contributed by atoms with E-state index in [1.165, 1.54) is 12.8 Å². The van der Waals surface area contributed by atoms with Crippen molar-refractivity contribution in [3.05, 3.63) is 5.89 Å². The van der Waals surface area contributed by atoms with Crippen LogP contribution in [0.5, 0.6) is 0 Å². The molecule has 5 heteroatoms. The first-order valence-electron chi connectivity index (χ1n) is 4.46. The standard InChI is InChI=1S/C8H12ClN3O/c1-6-3-2-4-12(6)8-11-10-7(5-9)13-8/h6H,2-5H2,1H3. The smallest absolute Gasteiger partial charge is 0.318 e. The highest BCUT2D eigenvalue weighted by molar-refractivity contribution is 6.16. The molecular formula is C8H12ClN3O. The Kier molecular flexibility index (Phi) is 2.40. The Bertz CT molecular complexity index is 289. The summed E-state index contributed by atoms with van der Waals surface area (Å²) >= 11 is 5.57. The second kappa shape index (κ2) is 3.54. The molecule has 13 heavy (non-hydrogen) atoms. The van der Waals surface area contributed by atoms with Crippen molar-refractivity contribution < 1.29 is 4.42 Å². The van der Waals surface area contributed by atoms with Crippen LogP contribution in [0.2, 0.25) is 0 Å². The minimum absolute atomic E-state index is 0.287. The first-order chi connectivity index (χ1) is 6.31. The Morgan fingerprint density at radius 1 is 1.62 bits per heavy atom. The van der Waals surface area contributed by atoms with Crippen LogP contribution in [0.1, 0.15) is 25.7 Å². The van der Waals surface area contributed by atoms with Crippen molar-refractivity contribution >= 4 is 17.6 Å². The van der Waals surface area contributed by atoms with Gasteiger partial charge < -0.3 is 9.32 Å². The van der Waals surface area contributed by atoms with Crippen LogP contribution < -0.4 is 4.90 Å². The summed E-state index contributed by atoms with van der Waals surface area (Å²) in [5, 5.41) is 7.77. The molecule has 2 rings (SSSR count). The zero-order valence-corrected chi connectivity index (χ0v) is 8.29. The zero-order chi connectivity index (χ0) is 9.26. The number of alkyl halides is 1. The zero-order valence-electron chi connectivity index (χ0n) is 7.53. The molecule has 0 aliphatic carbocycles. The Hall–Kier alpha value is -0.770. The highest BCUT2D eigenvalue weighted by atomic mass is 35.5. The van der Waals surface area contributed by atoms with Gasteiger partial charge in [0.25, 0.3) is 0 Å². The molecule has 0 spiro atoms. The van der Waals surface area contributed by atoms with Crippen LogP contribution in [0.3, 0.4) is 0 Å². The maximum atomic E-state index is 5.57. The highest BCUT2D eigenvalue weighted by Crippen LogP contribution is 2.23. The monoisotopic (exact) mass is 201 g/mol. The van der Waals surface area contributed by atoms with Crippen molar-refractivity contribution in [2.45, 2.75) is 31.7 Å². The summed E-state index contributed by atoms with van der Waals surface area (Å²) < 4.78 is 5.36. The average molecular weight is 202 g/mol. The van der Waals surface area contributed by atoms with Crippen molar-refractivity contribution in [1.82, 2.24) is 10.2 Å².